The van der Waals surface area contributed by atoms with E-state index in [4.69, 9.17) is 9.99 Å². The molecule has 1 saturated heterocycles. The van der Waals surface area contributed by atoms with E-state index in [0.717, 1.165) is 11.1 Å². The van der Waals surface area contributed by atoms with Crippen molar-refractivity contribution in [2.24, 2.45) is 0 Å². The Morgan fingerprint density at radius 1 is 0.906 bits per heavy atom. The van der Waals surface area contributed by atoms with E-state index >= 15 is 0 Å². The number of nitrogens with zero attached hydrogens (tertiary/aromatic N) is 2. The SMILES string of the molecule is O=C(COO)Oc1cccc(-c2ccc(C(=O)N3CCN(C(=O)C4(O)CC4)CC3)cc2)c1. The third-order valence-electron chi connectivity index (χ3n) is 5.69. The van der Waals surface area contributed by atoms with Crippen molar-refractivity contribution in [3.63, 3.8) is 0 Å². The van der Waals surface area contributed by atoms with Gasteiger partial charge in [-0.1, -0.05) is 24.3 Å². The van der Waals surface area contributed by atoms with Crippen molar-refractivity contribution in [3.05, 3.63) is 54.1 Å². The molecule has 1 aliphatic carbocycles. The Labute approximate surface area is 184 Å². The standard InChI is InChI=1S/C23H24N2O7/c26-20(15-31-30)32-19-3-1-2-18(14-19)16-4-6-17(7-5-16)21(27)24-10-12-25(13-11-24)22(28)23(29)8-9-23/h1-7,14,29-30H,8-13,15H2. The van der Waals surface area contributed by atoms with Crippen LogP contribution in [-0.4, -0.2) is 76.3 Å². The van der Waals surface area contributed by atoms with E-state index in [0.29, 0.717) is 50.3 Å². The van der Waals surface area contributed by atoms with Crippen molar-refractivity contribution < 1.29 is 34.4 Å². The van der Waals surface area contributed by atoms with Crippen LogP contribution in [0.15, 0.2) is 48.5 Å². The highest BCUT2D eigenvalue weighted by atomic mass is 17.1. The molecule has 2 aromatic rings. The number of esters is 1. The zero-order valence-electron chi connectivity index (χ0n) is 17.4. The molecule has 168 valence electrons. The van der Waals surface area contributed by atoms with Crippen LogP contribution >= 0.6 is 0 Å². The van der Waals surface area contributed by atoms with Gasteiger partial charge in [-0.25, -0.2) is 9.68 Å². The summed E-state index contributed by atoms with van der Waals surface area (Å²) in [6.07, 6.45) is 1.03. The molecule has 0 aromatic heterocycles. The van der Waals surface area contributed by atoms with Crippen molar-refractivity contribution in [3.8, 4) is 16.9 Å². The van der Waals surface area contributed by atoms with Gasteiger partial charge in [0.05, 0.1) is 0 Å². The lowest BCUT2D eigenvalue weighted by atomic mass is 10.0. The fourth-order valence-corrected chi connectivity index (χ4v) is 3.68. The summed E-state index contributed by atoms with van der Waals surface area (Å²) in [7, 11) is 0. The minimum Gasteiger partial charge on any atom is -0.425 e. The van der Waals surface area contributed by atoms with Gasteiger partial charge in [0.25, 0.3) is 11.8 Å². The number of ether oxygens (including phenoxy) is 1. The molecule has 1 saturated carbocycles. The molecule has 2 aromatic carbocycles. The van der Waals surface area contributed by atoms with Gasteiger partial charge in [-0.2, -0.15) is 0 Å². The second kappa shape index (κ2) is 9.07. The lowest BCUT2D eigenvalue weighted by Crippen LogP contribution is -2.53. The maximum absolute atomic E-state index is 12.9. The molecule has 0 spiro atoms. The normalized spacial score (nSPS) is 17.1. The molecule has 2 fully saturated rings. The topological polar surface area (TPSA) is 117 Å². The number of hydrogen-bond donors (Lipinski definition) is 2. The highest BCUT2D eigenvalue weighted by Crippen LogP contribution is 2.37. The summed E-state index contributed by atoms with van der Waals surface area (Å²) in [6.45, 7) is 1.11. The Morgan fingerprint density at radius 2 is 1.56 bits per heavy atom. The van der Waals surface area contributed by atoms with E-state index in [2.05, 4.69) is 4.89 Å². The Morgan fingerprint density at radius 3 is 2.19 bits per heavy atom. The largest absolute Gasteiger partial charge is 0.425 e. The summed E-state index contributed by atoms with van der Waals surface area (Å²) in [4.78, 5) is 43.7. The Bertz CT molecular complexity index is 1010. The van der Waals surface area contributed by atoms with E-state index in [9.17, 15) is 19.5 Å². The van der Waals surface area contributed by atoms with Gasteiger partial charge >= 0.3 is 5.97 Å². The second-order valence-corrected chi connectivity index (χ2v) is 7.97. The first-order valence-corrected chi connectivity index (χ1v) is 10.4. The average Bonchev–Trinajstić information content (AvgIpc) is 3.57. The number of amides is 2. The van der Waals surface area contributed by atoms with Gasteiger partial charge in [0.15, 0.2) is 6.61 Å². The quantitative estimate of drug-likeness (QED) is 0.303. The van der Waals surface area contributed by atoms with E-state index in [1.54, 1.807) is 40.1 Å². The molecular formula is C23H24N2O7. The first-order valence-electron chi connectivity index (χ1n) is 10.4. The lowest BCUT2D eigenvalue weighted by molar-refractivity contribution is -0.242. The first-order chi connectivity index (χ1) is 15.4. The fourth-order valence-electron chi connectivity index (χ4n) is 3.68. The van der Waals surface area contributed by atoms with Crippen LogP contribution in [-0.2, 0) is 14.5 Å². The maximum atomic E-state index is 12.9. The Balaban J connectivity index is 1.37. The Kier molecular flexibility index (Phi) is 6.22. The minimum absolute atomic E-state index is 0.111. The fraction of sp³-hybridized carbons (Fsp3) is 0.348. The van der Waals surface area contributed by atoms with Crippen molar-refractivity contribution in [2.75, 3.05) is 32.8 Å². The molecule has 0 atom stereocenters. The van der Waals surface area contributed by atoms with E-state index < -0.39 is 18.2 Å². The second-order valence-electron chi connectivity index (χ2n) is 7.97. The van der Waals surface area contributed by atoms with Gasteiger partial charge in [0.2, 0.25) is 0 Å². The van der Waals surface area contributed by atoms with Gasteiger partial charge in [0, 0.05) is 31.7 Å². The molecule has 2 aliphatic rings. The van der Waals surface area contributed by atoms with Crippen LogP contribution in [0.25, 0.3) is 11.1 Å². The molecule has 2 amide bonds. The molecule has 2 N–H and O–H groups in total. The predicted molar refractivity (Wildman–Crippen MR) is 113 cm³/mol. The third kappa shape index (κ3) is 4.80. The van der Waals surface area contributed by atoms with Crippen molar-refractivity contribution in [1.82, 2.24) is 9.80 Å². The van der Waals surface area contributed by atoms with Gasteiger partial charge < -0.3 is 19.6 Å². The molecule has 4 rings (SSSR count). The zero-order chi connectivity index (χ0) is 22.7. The van der Waals surface area contributed by atoms with Crippen LogP contribution in [0.2, 0.25) is 0 Å². The van der Waals surface area contributed by atoms with Gasteiger partial charge in [-0.15, -0.1) is 0 Å². The van der Waals surface area contributed by atoms with Crippen LogP contribution < -0.4 is 4.74 Å². The number of carbonyl (C=O) groups excluding carboxylic acids is 3. The summed E-state index contributed by atoms with van der Waals surface area (Å²) in [5.41, 5.74) is 0.997. The summed E-state index contributed by atoms with van der Waals surface area (Å²) in [5, 5.41) is 18.3. The molecule has 9 nitrogen and oxygen atoms in total. The minimum atomic E-state index is -1.18. The van der Waals surface area contributed by atoms with Crippen molar-refractivity contribution >= 4 is 17.8 Å². The van der Waals surface area contributed by atoms with Crippen LogP contribution in [0.4, 0.5) is 0 Å². The van der Waals surface area contributed by atoms with E-state index in [1.165, 1.54) is 0 Å². The highest BCUT2D eigenvalue weighted by Gasteiger charge is 2.50. The van der Waals surface area contributed by atoms with E-state index in [1.807, 2.05) is 18.2 Å². The molecule has 32 heavy (non-hydrogen) atoms. The zero-order valence-corrected chi connectivity index (χ0v) is 17.4. The number of benzene rings is 2. The molecule has 0 bridgehead atoms. The maximum Gasteiger partial charge on any atom is 0.340 e. The monoisotopic (exact) mass is 440 g/mol. The summed E-state index contributed by atoms with van der Waals surface area (Å²) >= 11 is 0. The summed E-state index contributed by atoms with van der Waals surface area (Å²) in [6, 6.07) is 14.0. The summed E-state index contributed by atoms with van der Waals surface area (Å²) < 4.78 is 5.08. The smallest absolute Gasteiger partial charge is 0.340 e. The van der Waals surface area contributed by atoms with Gasteiger partial charge in [-0.05, 0) is 48.2 Å². The van der Waals surface area contributed by atoms with Crippen molar-refractivity contribution in [1.29, 1.82) is 0 Å². The molecule has 0 radical (unpaired) electrons. The van der Waals surface area contributed by atoms with E-state index in [-0.39, 0.29) is 11.8 Å². The third-order valence-corrected chi connectivity index (χ3v) is 5.69. The Hall–Kier alpha value is -3.27. The first kappa shape index (κ1) is 21.9. The number of piperazine rings is 1. The molecule has 0 unspecified atom stereocenters. The predicted octanol–water partition coefficient (Wildman–Crippen LogP) is 1.56. The molecule has 9 heteroatoms. The lowest BCUT2D eigenvalue weighted by Gasteiger charge is -2.35. The van der Waals surface area contributed by atoms with Gasteiger partial charge in [-0.3, -0.25) is 14.8 Å². The van der Waals surface area contributed by atoms with Gasteiger partial charge in [0.1, 0.15) is 11.4 Å². The van der Waals surface area contributed by atoms with Crippen LogP contribution in [0.3, 0.4) is 0 Å². The summed E-state index contributed by atoms with van der Waals surface area (Å²) in [5.74, 6) is -0.752. The van der Waals surface area contributed by atoms with Crippen LogP contribution in [0.1, 0.15) is 23.2 Å². The highest BCUT2D eigenvalue weighted by molar-refractivity contribution is 5.95. The van der Waals surface area contributed by atoms with Crippen LogP contribution in [0.5, 0.6) is 5.75 Å². The number of aliphatic hydroxyl groups is 1. The molecule has 1 heterocycles. The number of rotatable bonds is 6. The molecular weight excluding hydrogens is 416 g/mol. The average molecular weight is 440 g/mol. The van der Waals surface area contributed by atoms with Crippen molar-refractivity contribution in [2.45, 2.75) is 18.4 Å². The number of hydrogen-bond acceptors (Lipinski definition) is 7. The van der Waals surface area contributed by atoms with Crippen LogP contribution in [0, 0.1) is 0 Å². The molecule has 1 aliphatic heterocycles. The number of carbonyl (C=O) groups is 3.